The Labute approximate surface area is 195 Å². The smallest absolute Gasteiger partial charge is 0.257 e. The summed E-state index contributed by atoms with van der Waals surface area (Å²) in [7, 11) is 0. The number of aliphatic imine (C=N–C) groups is 1. The number of carbonyl (C=O) groups excluding carboxylic acids is 1. The van der Waals surface area contributed by atoms with Crippen LogP contribution < -0.4 is 5.32 Å². The number of aryl methyl sites for hydroxylation is 1. The minimum absolute atomic E-state index is 0. The van der Waals surface area contributed by atoms with Crippen molar-refractivity contribution in [3.05, 3.63) is 35.7 Å². The molecule has 1 aromatic carbocycles. The number of carbonyl (C=O) groups is 1. The number of hydrogen-bond acceptors (Lipinski definition) is 5. The quantitative estimate of drug-likeness (QED) is 0.354. The number of halogens is 1. The normalized spacial score (nSPS) is 14.4. The lowest BCUT2D eigenvalue weighted by Crippen LogP contribution is -2.53. The Balaban J connectivity index is 0.00000320. The Morgan fingerprint density at radius 2 is 1.93 bits per heavy atom. The zero-order valence-corrected chi connectivity index (χ0v) is 20.3. The van der Waals surface area contributed by atoms with Crippen molar-refractivity contribution in [3.63, 3.8) is 0 Å². The van der Waals surface area contributed by atoms with Gasteiger partial charge in [0.15, 0.2) is 11.8 Å². The van der Waals surface area contributed by atoms with Crippen molar-refractivity contribution in [1.29, 1.82) is 0 Å². The van der Waals surface area contributed by atoms with Gasteiger partial charge < -0.3 is 19.6 Å². The third-order valence-electron chi connectivity index (χ3n) is 4.89. The monoisotopic (exact) mass is 526 g/mol. The summed E-state index contributed by atoms with van der Waals surface area (Å²) in [6, 6.07) is 8.06. The van der Waals surface area contributed by atoms with Gasteiger partial charge in [-0.15, -0.1) is 24.0 Å². The van der Waals surface area contributed by atoms with E-state index in [1.165, 1.54) is 0 Å². The molecule has 1 aromatic heterocycles. The Morgan fingerprint density at radius 3 is 2.60 bits per heavy atom. The lowest BCUT2D eigenvalue weighted by atomic mass is 10.1. The molecule has 1 amide bonds. The second-order valence-corrected chi connectivity index (χ2v) is 7.13. The van der Waals surface area contributed by atoms with Crippen molar-refractivity contribution < 1.29 is 9.32 Å². The lowest BCUT2D eigenvalue weighted by Gasteiger charge is -2.36. The van der Waals surface area contributed by atoms with Crippen LogP contribution in [0.1, 0.15) is 38.6 Å². The van der Waals surface area contributed by atoms with E-state index in [2.05, 4.69) is 34.2 Å². The maximum atomic E-state index is 11.5. The number of nitrogens with one attached hydrogen (secondary N) is 1. The fraction of sp³-hybridized carbons (Fsp3) is 0.524. The molecule has 8 nitrogen and oxygen atoms in total. The number of benzene rings is 1. The van der Waals surface area contributed by atoms with Gasteiger partial charge in [0.25, 0.3) is 5.89 Å². The number of nitrogens with zero attached hydrogens (tertiary/aromatic N) is 5. The van der Waals surface area contributed by atoms with Gasteiger partial charge in [-0.05, 0) is 31.0 Å². The first-order valence-electron chi connectivity index (χ1n) is 10.3. The van der Waals surface area contributed by atoms with Crippen LogP contribution in [0.3, 0.4) is 0 Å². The molecule has 30 heavy (non-hydrogen) atoms. The third kappa shape index (κ3) is 6.41. The Hall–Kier alpha value is -2.17. The van der Waals surface area contributed by atoms with Crippen LogP contribution in [0, 0.1) is 0 Å². The summed E-state index contributed by atoms with van der Waals surface area (Å²) in [4.78, 5) is 24.9. The molecule has 9 heteroatoms. The zero-order valence-electron chi connectivity index (χ0n) is 17.9. The molecule has 1 saturated heterocycles. The molecular weight excluding hydrogens is 495 g/mol. The van der Waals surface area contributed by atoms with Crippen molar-refractivity contribution in [2.45, 2.75) is 40.2 Å². The van der Waals surface area contributed by atoms with Crippen LogP contribution in [0.4, 0.5) is 0 Å². The molecule has 2 aromatic rings. The van der Waals surface area contributed by atoms with Crippen LogP contribution in [0.5, 0.6) is 0 Å². The average molecular weight is 526 g/mol. The second kappa shape index (κ2) is 11.9. The van der Waals surface area contributed by atoms with E-state index in [1.807, 2.05) is 29.2 Å². The molecule has 0 aliphatic carbocycles. The highest BCUT2D eigenvalue weighted by atomic mass is 127. The summed E-state index contributed by atoms with van der Waals surface area (Å²) < 4.78 is 5.40. The number of guanidine groups is 1. The van der Waals surface area contributed by atoms with Crippen molar-refractivity contribution >= 4 is 35.8 Å². The van der Waals surface area contributed by atoms with Crippen LogP contribution in [0.15, 0.2) is 33.8 Å². The van der Waals surface area contributed by atoms with Gasteiger partial charge in [0.1, 0.15) is 0 Å². The lowest BCUT2D eigenvalue weighted by molar-refractivity contribution is -0.130. The molecule has 1 aliphatic rings. The van der Waals surface area contributed by atoms with E-state index < -0.39 is 0 Å². The summed E-state index contributed by atoms with van der Waals surface area (Å²) in [5, 5.41) is 7.39. The molecule has 0 bridgehead atoms. The zero-order chi connectivity index (χ0) is 20.6. The first kappa shape index (κ1) is 24.1. The molecule has 164 valence electrons. The van der Waals surface area contributed by atoms with Gasteiger partial charge in [-0.1, -0.05) is 24.2 Å². The molecular formula is C21H31IN6O2. The van der Waals surface area contributed by atoms with E-state index in [4.69, 9.17) is 9.52 Å². The molecule has 1 N–H and O–H groups in total. The molecule has 0 spiro atoms. The van der Waals surface area contributed by atoms with Gasteiger partial charge in [-0.2, -0.15) is 4.98 Å². The number of aromatic nitrogens is 2. The molecule has 0 atom stereocenters. The molecule has 1 aliphatic heterocycles. The molecule has 1 fully saturated rings. The fourth-order valence-electron chi connectivity index (χ4n) is 3.32. The van der Waals surface area contributed by atoms with Crippen LogP contribution in [0.25, 0.3) is 11.5 Å². The molecule has 0 radical (unpaired) electrons. The van der Waals surface area contributed by atoms with Crippen molar-refractivity contribution in [3.8, 4) is 11.5 Å². The summed E-state index contributed by atoms with van der Waals surface area (Å²) >= 11 is 0. The Bertz CT molecular complexity index is 846. The van der Waals surface area contributed by atoms with E-state index in [-0.39, 0.29) is 29.9 Å². The molecule has 3 rings (SSSR count). The molecule has 0 saturated carbocycles. The van der Waals surface area contributed by atoms with Crippen LogP contribution in [-0.4, -0.2) is 64.5 Å². The standard InChI is InChI=1S/C21H30N6O2.HI/c1-4-7-19-24-20(29-25-19)18-9-6-8-17(14-18)15-23-21(22-5-2)27-12-10-26(11-13-27)16(3)28;/h6,8-9,14H,4-5,7,10-13,15H2,1-3H3,(H,22,23);1H. The number of hydrogen-bond donors (Lipinski definition) is 1. The molecule has 2 heterocycles. The van der Waals surface area contributed by atoms with E-state index in [9.17, 15) is 4.79 Å². The van der Waals surface area contributed by atoms with Crippen molar-refractivity contribution in [2.24, 2.45) is 4.99 Å². The number of amides is 1. The van der Waals surface area contributed by atoms with Crippen molar-refractivity contribution in [2.75, 3.05) is 32.7 Å². The summed E-state index contributed by atoms with van der Waals surface area (Å²) in [6.45, 7) is 10.2. The largest absolute Gasteiger partial charge is 0.357 e. The first-order chi connectivity index (χ1) is 14.1. The SMILES string of the molecule is CCCc1noc(-c2cccc(CN=C(NCC)N3CCN(C(C)=O)CC3)c2)n1.I. The molecule has 0 unspecified atom stereocenters. The van der Waals surface area contributed by atoms with Gasteiger partial charge in [0, 0.05) is 51.6 Å². The highest BCUT2D eigenvalue weighted by molar-refractivity contribution is 14.0. The Kier molecular flexibility index (Phi) is 9.54. The predicted molar refractivity (Wildman–Crippen MR) is 128 cm³/mol. The summed E-state index contributed by atoms with van der Waals surface area (Å²) in [6.07, 6.45) is 1.80. The van der Waals surface area contributed by atoms with Gasteiger partial charge in [0.2, 0.25) is 5.91 Å². The van der Waals surface area contributed by atoms with Crippen LogP contribution >= 0.6 is 24.0 Å². The summed E-state index contributed by atoms with van der Waals surface area (Å²) in [5.74, 6) is 2.30. The number of rotatable bonds is 6. The topological polar surface area (TPSA) is 86.9 Å². The highest BCUT2D eigenvalue weighted by Gasteiger charge is 2.20. The van der Waals surface area contributed by atoms with Crippen LogP contribution in [-0.2, 0) is 17.8 Å². The average Bonchev–Trinajstić information content (AvgIpc) is 3.20. The predicted octanol–water partition coefficient (Wildman–Crippen LogP) is 2.94. The minimum atomic E-state index is 0. The van der Waals surface area contributed by atoms with Gasteiger partial charge in [-0.25, -0.2) is 4.99 Å². The van der Waals surface area contributed by atoms with Crippen LogP contribution in [0.2, 0.25) is 0 Å². The fourth-order valence-corrected chi connectivity index (χ4v) is 3.32. The number of piperazine rings is 1. The Morgan fingerprint density at radius 1 is 1.20 bits per heavy atom. The van der Waals surface area contributed by atoms with E-state index >= 15 is 0 Å². The van der Waals surface area contributed by atoms with Crippen molar-refractivity contribution in [1.82, 2.24) is 25.3 Å². The second-order valence-electron chi connectivity index (χ2n) is 7.13. The summed E-state index contributed by atoms with van der Waals surface area (Å²) in [5.41, 5.74) is 1.99. The maximum absolute atomic E-state index is 11.5. The van der Waals surface area contributed by atoms with Gasteiger partial charge >= 0.3 is 0 Å². The van der Waals surface area contributed by atoms with Gasteiger partial charge in [0.05, 0.1) is 6.54 Å². The third-order valence-corrected chi connectivity index (χ3v) is 4.89. The van der Waals surface area contributed by atoms with E-state index in [1.54, 1.807) is 6.92 Å². The van der Waals surface area contributed by atoms with Gasteiger partial charge in [-0.3, -0.25) is 4.79 Å². The highest BCUT2D eigenvalue weighted by Crippen LogP contribution is 2.19. The van der Waals surface area contributed by atoms with E-state index in [0.717, 1.165) is 68.5 Å². The first-order valence-corrected chi connectivity index (χ1v) is 10.3. The minimum Gasteiger partial charge on any atom is -0.357 e. The maximum Gasteiger partial charge on any atom is 0.257 e. The van der Waals surface area contributed by atoms with E-state index in [0.29, 0.717) is 12.4 Å².